The number of oxazole rings is 1. The van der Waals surface area contributed by atoms with Crippen LogP contribution in [0.4, 0.5) is 10.4 Å². The van der Waals surface area contributed by atoms with Gasteiger partial charge in [0.2, 0.25) is 12.8 Å². The summed E-state index contributed by atoms with van der Waals surface area (Å²) in [5.74, 6) is -0.684. The van der Waals surface area contributed by atoms with Gasteiger partial charge < -0.3 is 19.1 Å². The predicted molar refractivity (Wildman–Crippen MR) is 112 cm³/mol. The third kappa shape index (κ3) is 3.88. The number of pyridine rings is 1. The number of fused-ring (bicyclic) bond motifs is 2. The van der Waals surface area contributed by atoms with Crippen LogP contribution in [0.1, 0.15) is 41.6 Å². The van der Waals surface area contributed by atoms with Gasteiger partial charge in [-0.3, -0.25) is 10.1 Å². The zero-order chi connectivity index (χ0) is 23.0. The molecule has 33 heavy (non-hydrogen) atoms. The maximum Gasteiger partial charge on any atom is 0.345 e. The van der Waals surface area contributed by atoms with Crippen LogP contribution in [0.5, 0.6) is 5.75 Å². The fourth-order valence-electron chi connectivity index (χ4n) is 4.52. The number of ether oxygens (including phenoxy) is 2. The minimum absolute atomic E-state index is 0.0599. The summed E-state index contributed by atoms with van der Waals surface area (Å²) in [6, 6.07) is 8.40. The Balaban J connectivity index is 1.23. The minimum Gasteiger partial charge on any atom is -0.619 e. The van der Waals surface area contributed by atoms with Crippen molar-refractivity contribution in [2.75, 3.05) is 12.2 Å². The van der Waals surface area contributed by atoms with E-state index in [1.165, 1.54) is 18.7 Å². The Labute approximate surface area is 187 Å². The molecule has 1 spiro atoms. The number of alkyl halides is 1. The maximum absolute atomic E-state index is 12.8. The fraction of sp³-hybridized carbons (Fsp3) is 0.304. The molecular formula is C23H20FN3O6. The summed E-state index contributed by atoms with van der Waals surface area (Å²) in [6.07, 6.45) is 5.93. The number of carbonyl (C=O) groups is 2. The molecule has 10 heteroatoms. The summed E-state index contributed by atoms with van der Waals surface area (Å²) in [6.45, 7) is -0.935. The van der Waals surface area contributed by atoms with Gasteiger partial charge in [0, 0.05) is 23.1 Å². The third-order valence-electron chi connectivity index (χ3n) is 6.18. The molecule has 3 heterocycles. The van der Waals surface area contributed by atoms with E-state index in [2.05, 4.69) is 10.3 Å². The fourth-order valence-corrected chi connectivity index (χ4v) is 4.52. The number of aromatic nitrogens is 2. The van der Waals surface area contributed by atoms with Gasteiger partial charge in [0.15, 0.2) is 12.4 Å². The lowest BCUT2D eigenvalue weighted by Gasteiger charge is -2.35. The SMILES string of the molecule is O=C1OC2(CCC(C(=O)Nc3nc(-c4cccc(OCF)c4)co3)CC2)c2cc[n+]([O-])cc21. The molecule has 0 bridgehead atoms. The Kier molecular flexibility index (Phi) is 5.20. The molecule has 3 aromatic rings. The van der Waals surface area contributed by atoms with Crippen molar-refractivity contribution >= 4 is 17.9 Å². The standard InChI is InChI=1S/C23H20FN3O6/c24-13-32-16-3-1-2-15(10-16)19-12-31-22(25-19)26-20(28)14-4-7-23(8-5-14)18-6-9-27(30)11-17(18)21(29)33-23/h1-3,6,9-12,14H,4-5,7-8,13H2,(H,25,26,28). The van der Waals surface area contributed by atoms with Crippen molar-refractivity contribution in [3.05, 3.63) is 65.3 Å². The number of carbonyl (C=O) groups excluding carboxylic acids is 2. The molecule has 1 aromatic carbocycles. The first-order chi connectivity index (χ1) is 16.0. The van der Waals surface area contributed by atoms with Gasteiger partial charge in [-0.15, -0.1) is 0 Å². The highest BCUT2D eigenvalue weighted by Gasteiger charge is 2.49. The Morgan fingerprint density at radius 2 is 2.15 bits per heavy atom. The van der Waals surface area contributed by atoms with Gasteiger partial charge in [-0.1, -0.05) is 12.1 Å². The summed E-state index contributed by atoms with van der Waals surface area (Å²) in [5.41, 5.74) is 1.33. The highest BCUT2D eigenvalue weighted by molar-refractivity contribution is 5.94. The Bertz CT molecular complexity index is 1220. The second-order valence-electron chi connectivity index (χ2n) is 8.10. The summed E-state index contributed by atoms with van der Waals surface area (Å²) in [7, 11) is 0. The molecule has 5 rings (SSSR count). The number of benzene rings is 1. The number of amides is 1. The van der Waals surface area contributed by atoms with E-state index >= 15 is 0 Å². The van der Waals surface area contributed by atoms with Crippen molar-refractivity contribution in [2.45, 2.75) is 31.3 Å². The number of esters is 1. The smallest absolute Gasteiger partial charge is 0.345 e. The van der Waals surface area contributed by atoms with Crippen LogP contribution >= 0.6 is 0 Å². The highest BCUT2D eigenvalue weighted by atomic mass is 19.1. The quantitative estimate of drug-likeness (QED) is 0.357. The molecule has 1 aliphatic carbocycles. The molecule has 1 N–H and O–H groups in total. The number of hydrogen-bond acceptors (Lipinski definition) is 7. The zero-order valence-corrected chi connectivity index (χ0v) is 17.5. The van der Waals surface area contributed by atoms with Crippen molar-refractivity contribution in [3.8, 4) is 17.0 Å². The van der Waals surface area contributed by atoms with Gasteiger partial charge in [-0.05, 0) is 37.8 Å². The average Bonchev–Trinajstić information content (AvgIpc) is 3.37. The van der Waals surface area contributed by atoms with E-state index in [9.17, 15) is 19.2 Å². The molecule has 1 fully saturated rings. The topological polar surface area (TPSA) is 118 Å². The van der Waals surface area contributed by atoms with Crippen molar-refractivity contribution in [1.29, 1.82) is 0 Å². The predicted octanol–water partition coefficient (Wildman–Crippen LogP) is 3.48. The minimum atomic E-state index is -0.935. The summed E-state index contributed by atoms with van der Waals surface area (Å²) < 4.78 is 28.9. The van der Waals surface area contributed by atoms with Crippen LogP contribution in [0, 0.1) is 11.1 Å². The third-order valence-corrected chi connectivity index (χ3v) is 6.18. The molecule has 9 nitrogen and oxygen atoms in total. The molecule has 1 saturated carbocycles. The van der Waals surface area contributed by atoms with E-state index in [0.717, 1.165) is 0 Å². The van der Waals surface area contributed by atoms with E-state index in [0.29, 0.717) is 53.0 Å². The van der Waals surface area contributed by atoms with Crippen LogP contribution in [0.3, 0.4) is 0 Å². The molecule has 170 valence electrons. The number of hydrogen-bond donors (Lipinski definition) is 1. The van der Waals surface area contributed by atoms with Crippen molar-refractivity contribution in [3.63, 3.8) is 0 Å². The first-order valence-corrected chi connectivity index (χ1v) is 10.5. The van der Waals surface area contributed by atoms with Gasteiger partial charge >= 0.3 is 12.0 Å². The molecule has 0 saturated heterocycles. The van der Waals surface area contributed by atoms with E-state index in [1.807, 2.05) is 0 Å². The number of rotatable bonds is 5. The monoisotopic (exact) mass is 453 g/mol. The first-order valence-electron chi connectivity index (χ1n) is 10.5. The lowest BCUT2D eigenvalue weighted by Crippen LogP contribution is -2.36. The second-order valence-corrected chi connectivity index (χ2v) is 8.10. The number of anilines is 1. The summed E-state index contributed by atoms with van der Waals surface area (Å²) in [5, 5.41) is 14.2. The molecule has 2 aliphatic rings. The van der Waals surface area contributed by atoms with Gasteiger partial charge in [-0.2, -0.15) is 9.71 Å². The van der Waals surface area contributed by atoms with E-state index in [-0.39, 0.29) is 23.4 Å². The number of nitrogens with zero attached hydrogens (tertiary/aromatic N) is 2. The normalized spacial score (nSPS) is 21.5. The molecule has 1 amide bonds. The van der Waals surface area contributed by atoms with Crippen LogP contribution < -0.4 is 14.8 Å². The van der Waals surface area contributed by atoms with Crippen LogP contribution in [-0.4, -0.2) is 23.7 Å². The first kappa shape index (κ1) is 20.9. The van der Waals surface area contributed by atoms with E-state index in [1.54, 1.807) is 30.3 Å². The summed E-state index contributed by atoms with van der Waals surface area (Å²) in [4.78, 5) is 29.3. The van der Waals surface area contributed by atoms with Crippen LogP contribution in [0.2, 0.25) is 0 Å². The molecule has 2 aromatic heterocycles. The Morgan fingerprint density at radius 3 is 2.94 bits per heavy atom. The van der Waals surface area contributed by atoms with Crippen molar-refractivity contribution in [2.24, 2.45) is 5.92 Å². The van der Waals surface area contributed by atoms with Crippen LogP contribution in [-0.2, 0) is 15.1 Å². The van der Waals surface area contributed by atoms with Gasteiger partial charge in [0.05, 0.1) is 0 Å². The van der Waals surface area contributed by atoms with Gasteiger partial charge in [0.25, 0.3) is 0 Å². The van der Waals surface area contributed by atoms with Crippen molar-refractivity contribution in [1.82, 2.24) is 4.98 Å². The highest BCUT2D eigenvalue weighted by Crippen LogP contribution is 2.47. The van der Waals surface area contributed by atoms with E-state index in [4.69, 9.17) is 13.9 Å². The van der Waals surface area contributed by atoms with E-state index < -0.39 is 18.4 Å². The average molecular weight is 453 g/mol. The second kappa shape index (κ2) is 8.19. The Hall–Kier alpha value is -3.95. The van der Waals surface area contributed by atoms with Crippen LogP contribution in [0.15, 0.2) is 53.4 Å². The van der Waals surface area contributed by atoms with Gasteiger partial charge in [-0.25, -0.2) is 9.18 Å². The zero-order valence-electron chi connectivity index (χ0n) is 17.5. The number of nitrogens with one attached hydrogen (secondary N) is 1. The lowest BCUT2D eigenvalue weighted by molar-refractivity contribution is -0.605. The largest absolute Gasteiger partial charge is 0.619 e. The van der Waals surface area contributed by atoms with Crippen LogP contribution in [0.25, 0.3) is 11.3 Å². The lowest BCUT2D eigenvalue weighted by atomic mass is 9.75. The van der Waals surface area contributed by atoms with Gasteiger partial charge in [0.1, 0.15) is 28.9 Å². The number of halogens is 1. The summed E-state index contributed by atoms with van der Waals surface area (Å²) >= 11 is 0. The maximum atomic E-state index is 12.8. The molecular weight excluding hydrogens is 433 g/mol. The molecule has 0 atom stereocenters. The molecule has 0 radical (unpaired) electrons. The van der Waals surface area contributed by atoms with Crippen molar-refractivity contribution < 1.29 is 32.6 Å². The molecule has 0 unspecified atom stereocenters. The Morgan fingerprint density at radius 1 is 1.33 bits per heavy atom. The molecule has 1 aliphatic heterocycles.